The van der Waals surface area contributed by atoms with Crippen molar-refractivity contribution >= 4 is 17.3 Å². The van der Waals surface area contributed by atoms with Gasteiger partial charge in [0.05, 0.1) is 13.2 Å². The zero-order chi connectivity index (χ0) is 12.8. The summed E-state index contributed by atoms with van der Waals surface area (Å²) in [5.41, 5.74) is 6.90. The largest absolute Gasteiger partial charge is 0.399 e. The highest BCUT2D eigenvalue weighted by molar-refractivity contribution is 5.92. The van der Waals surface area contributed by atoms with Crippen molar-refractivity contribution in [2.45, 2.75) is 13.0 Å². The summed E-state index contributed by atoms with van der Waals surface area (Å²) in [6, 6.07) is 6.99. The number of aliphatic hydroxyl groups excluding tert-OH is 1. The number of hydrogen-bond donors (Lipinski definition) is 3. The molecule has 4 N–H and O–H groups in total. The molecule has 1 aromatic carbocycles. The van der Waals surface area contributed by atoms with Gasteiger partial charge in [-0.25, -0.2) is 0 Å². The number of carbonyl (C=O) groups excluding carboxylic acids is 1. The van der Waals surface area contributed by atoms with Crippen LogP contribution in [0.15, 0.2) is 24.3 Å². The molecule has 0 saturated heterocycles. The van der Waals surface area contributed by atoms with Gasteiger partial charge in [-0.1, -0.05) is 6.07 Å². The van der Waals surface area contributed by atoms with Crippen LogP contribution in [0, 0.1) is 0 Å². The Morgan fingerprint density at radius 3 is 2.88 bits per heavy atom. The van der Waals surface area contributed by atoms with Gasteiger partial charge in [0.2, 0.25) is 5.91 Å². The zero-order valence-electron chi connectivity index (χ0n) is 10.2. The van der Waals surface area contributed by atoms with Crippen LogP contribution in [0.2, 0.25) is 0 Å². The Morgan fingerprint density at radius 1 is 1.59 bits per heavy atom. The quantitative estimate of drug-likeness (QED) is 0.652. The van der Waals surface area contributed by atoms with Crippen LogP contribution in [0.5, 0.6) is 0 Å². The molecule has 0 fully saturated rings. The van der Waals surface area contributed by atoms with Crippen molar-refractivity contribution in [3.63, 3.8) is 0 Å². The molecular weight excluding hydrogens is 218 g/mol. The molecule has 0 heterocycles. The van der Waals surface area contributed by atoms with E-state index in [-0.39, 0.29) is 25.1 Å². The van der Waals surface area contributed by atoms with Crippen LogP contribution in [0.1, 0.15) is 6.92 Å². The second-order valence-corrected chi connectivity index (χ2v) is 4.12. The lowest BCUT2D eigenvalue weighted by atomic mass is 10.2. The zero-order valence-corrected chi connectivity index (χ0v) is 10.2. The molecule has 0 bridgehead atoms. The third kappa shape index (κ3) is 4.42. The Labute approximate surface area is 101 Å². The third-order valence-corrected chi connectivity index (χ3v) is 2.58. The molecule has 0 radical (unpaired) electrons. The van der Waals surface area contributed by atoms with Crippen molar-refractivity contribution in [1.82, 2.24) is 4.90 Å². The van der Waals surface area contributed by atoms with Crippen molar-refractivity contribution in [3.05, 3.63) is 24.3 Å². The molecule has 0 aliphatic rings. The first kappa shape index (κ1) is 13.5. The summed E-state index contributed by atoms with van der Waals surface area (Å²) in [5.74, 6) is -0.126. The number of likely N-dealkylation sites (N-methyl/N-ethyl adjacent to an activating group) is 1. The number of nitrogen functional groups attached to an aromatic ring is 1. The van der Waals surface area contributed by atoms with Crippen molar-refractivity contribution in [3.8, 4) is 0 Å². The Morgan fingerprint density at radius 2 is 2.29 bits per heavy atom. The van der Waals surface area contributed by atoms with Gasteiger partial charge in [0.15, 0.2) is 0 Å². The monoisotopic (exact) mass is 237 g/mol. The van der Waals surface area contributed by atoms with E-state index >= 15 is 0 Å². The molecular formula is C12H19N3O2. The lowest BCUT2D eigenvalue weighted by molar-refractivity contribution is -0.117. The number of rotatable bonds is 5. The second-order valence-electron chi connectivity index (χ2n) is 4.12. The molecule has 5 heteroatoms. The number of carbonyl (C=O) groups is 1. The van der Waals surface area contributed by atoms with E-state index in [0.29, 0.717) is 11.4 Å². The van der Waals surface area contributed by atoms with E-state index in [0.717, 1.165) is 0 Å². The van der Waals surface area contributed by atoms with Gasteiger partial charge >= 0.3 is 0 Å². The highest BCUT2D eigenvalue weighted by Gasteiger charge is 2.12. The van der Waals surface area contributed by atoms with Gasteiger partial charge in [-0.3, -0.25) is 9.69 Å². The van der Waals surface area contributed by atoms with E-state index < -0.39 is 0 Å². The molecule has 1 aromatic rings. The molecule has 0 aliphatic carbocycles. The lowest BCUT2D eigenvalue weighted by Crippen LogP contribution is -2.38. The number of amides is 1. The SMILES string of the molecule is CC(CO)N(C)CC(=O)Nc1cccc(N)c1. The number of aliphatic hydroxyl groups is 1. The van der Waals surface area contributed by atoms with Crippen molar-refractivity contribution in [2.24, 2.45) is 0 Å². The van der Waals surface area contributed by atoms with Gasteiger partial charge in [0.25, 0.3) is 0 Å². The standard InChI is InChI=1S/C12H19N3O2/c1-9(8-16)15(2)7-12(17)14-11-5-3-4-10(13)6-11/h3-6,9,16H,7-8,13H2,1-2H3,(H,14,17). The molecule has 1 amide bonds. The minimum atomic E-state index is -0.126. The summed E-state index contributed by atoms with van der Waals surface area (Å²) in [6.07, 6.45) is 0. The summed E-state index contributed by atoms with van der Waals surface area (Å²) in [5, 5.41) is 11.7. The predicted molar refractivity (Wildman–Crippen MR) is 68.7 cm³/mol. The van der Waals surface area contributed by atoms with Crippen LogP contribution in [-0.2, 0) is 4.79 Å². The first-order valence-electron chi connectivity index (χ1n) is 5.49. The van der Waals surface area contributed by atoms with Crippen LogP contribution in [0.25, 0.3) is 0 Å². The number of nitrogens with two attached hydrogens (primary N) is 1. The Bertz CT molecular complexity index is 382. The first-order valence-corrected chi connectivity index (χ1v) is 5.49. The van der Waals surface area contributed by atoms with Gasteiger partial charge in [0, 0.05) is 17.4 Å². The highest BCUT2D eigenvalue weighted by Crippen LogP contribution is 2.11. The van der Waals surface area contributed by atoms with Gasteiger partial charge in [-0.2, -0.15) is 0 Å². The van der Waals surface area contributed by atoms with Gasteiger partial charge in [0.1, 0.15) is 0 Å². The Balaban J connectivity index is 2.50. The first-order chi connectivity index (χ1) is 8.02. The second kappa shape index (κ2) is 6.22. The van der Waals surface area contributed by atoms with Crippen LogP contribution >= 0.6 is 0 Å². The summed E-state index contributed by atoms with van der Waals surface area (Å²) >= 11 is 0. The van der Waals surface area contributed by atoms with E-state index in [4.69, 9.17) is 10.8 Å². The molecule has 1 unspecified atom stereocenters. The molecule has 0 aliphatic heterocycles. The minimum absolute atomic E-state index is 0.0298. The van der Waals surface area contributed by atoms with Crippen molar-refractivity contribution in [2.75, 3.05) is 31.2 Å². The van der Waals surface area contributed by atoms with Crippen LogP contribution < -0.4 is 11.1 Å². The maximum Gasteiger partial charge on any atom is 0.238 e. The average Bonchev–Trinajstić information content (AvgIpc) is 2.27. The Hall–Kier alpha value is -1.59. The maximum absolute atomic E-state index is 11.7. The predicted octanol–water partition coefficient (Wildman–Crippen LogP) is 0.520. The van der Waals surface area contributed by atoms with Gasteiger partial charge in [-0.15, -0.1) is 0 Å². The molecule has 17 heavy (non-hydrogen) atoms. The van der Waals surface area contributed by atoms with E-state index in [1.807, 2.05) is 6.92 Å². The fraction of sp³-hybridized carbons (Fsp3) is 0.417. The average molecular weight is 237 g/mol. The number of hydrogen-bond acceptors (Lipinski definition) is 4. The number of benzene rings is 1. The molecule has 1 rings (SSSR count). The van der Waals surface area contributed by atoms with Crippen molar-refractivity contribution in [1.29, 1.82) is 0 Å². The van der Waals surface area contributed by atoms with Crippen LogP contribution in [0.3, 0.4) is 0 Å². The summed E-state index contributed by atoms with van der Waals surface area (Å²) < 4.78 is 0. The molecule has 0 spiro atoms. The molecule has 0 saturated carbocycles. The van der Waals surface area contributed by atoms with Crippen LogP contribution in [0.4, 0.5) is 11.4 Å². The summed E-state index contributed by atoms with van der Waals surface area (Å²) in [6.45, 7) is 2.12. The third-order valence-electron chi connectivity index (χ3n) is 2.58. The van der Waals surface area contributed by atoms with E-state index in [1.54, 1.807) is 36.2 Å². The fourth-order valence-electron chi connectivity index (χ4n) is 1.34. The smallest absolute Gasteiger partial charge is 0.238 e. The molecule has 5 nitrogen and oxygen atoms in total. The number of nitrogens with one attached hydrogen (secondary N) is 1. The minimum Gasteiger partial charge on any atom is -0.399 e. The topological polar surface area (TPSA) is 78.6 Å². The van der Waals surface area contributed by atoms with Gasteiger partial charge in [-0.05, 0) is 32.2 Å². The molecule has 1 atom stereocenters. The fourth-order valence-corrected chi connectivity index (χ4v) is 1.34. The van der Waals surface area contributed by atoms with E-state index in [2.05, 4.69) is 5.32 Å². The molecule has 94 valence electrons. The summed E-state index contributed by atoms with van der Waals surface area (Å²) in [7, 11) is 1.79. The number of nitrogens with zero attached hydrogens (tertiary/aromatic N) is 1. The number of anilines is 2. The van der Waals surface area contributed by atoms with Crippen molar-refractivity contribution < 1.29 is 9.90 Å². The normalized spacial score (nSPS) is 12.5. The highest BCUT2D eigenvalue weighted by atomic mass is 16.3. The maximum atomic E-state index is 11.7. The van der Waals surface area contributed by atoms with Crippen LogP contribution in [-0.4, -0.2) is 42.2 Å². The Kier molecular flexibility index (Phi) is 4.93. The van der Waals surface area contributed by atoms with E-state index in [9.17, 15) is 4.79 Å². The molecule has 0 aromatic heterocycles. The lowest BCUT2D eigenvalue weighted by Gasteiger charge is -2.21. The van der Waals surface area contributed by atoms with Gasteiger partial charge < -0.3 is 16.2 Å². The van der Waals surface area contributed by atoms with E-state index in [1.165, 1.54) is 0 Å². The summed E-state index contributed by atoms with van der Waals surface area (Å²) in [4.78, 5) is 13.5.